The van der Waals surface area contributed by atoms with E-state index >= 15 is 0 Å². The molecule has 6 heteroatoms. The molecule has 1 aromatic carbocycles. The van der Waals surface area contributed by atoms with Crippen molar-refractivity contribution in [2.45, 2.75) is 38.6 Å². The fourth-order valence-corrected chi connectivity index (χ4v) is 7.05. The molecule has 0 radical (unpaired) electrons. The number of hydrogen-bond donors (Lipinski definition) is 1. The minimum atomic E-state index is 0.511. The van der Waals surface area contributed by atoms with Gasteiger partial charge < -0.3 is 15.0 Å². The second-order valence-electron chi connectivity index (χ2n) is 9.98. The molecule has 0 spiro atoms. The molecule has 2 aliphatic heterocycles. The number of thiophene rings is 1. The van der Waals surface area contributed by atoms with Crippen LogP contribution in [0.15, 0.2) is 35.7 Å². The molecule has 5 nitrogen and oxygen atoms in total. The number of anilines is 1. The number of ether oxygens (including phenoxy) is 1. The van der Waals surface area contributed by atoms with Gasteiger partial charge in [-0.05, 0) is 67.4 Å². The molecule has 0 amide bonds. The lowest BCUT2D eigenvalue weighted by Gasteiger charge is -2.27. The van der Waals surface area contributed by atoms with E-state index < -0.39 is 0 Å². The molecular weight excluding hydrogens is 416 g/mol. The minimum absolute atomic E-state index is 0.511. The molecular formula is C26H32N4OS. The van der Waals surface area contributed by atoms with Crippen LogP contribution >= 0.6 is 11.3 Å². The molecule has 32 heavy (non-hydrogen) atoms. The molecule has 3 fully saturated rings. The summed E-state index contributed by atoms with van der Waals surface area (Å²) in [6, 6.07) is 11.2. The Kier molecular flexibility index (Phi) is 5.61. The Morgan fingerprint density at radius 2 is 1.84 bits per heavy atom. The van der Waals surface area contributed by atoms with Crippen LogP contribution in [0.1, 0.15) is 31.2 Å². The van der Waals surface area contributed by atoms with Crippen LogP contribution in [0.5, 0.6) is 0 Å². The fourth-order valence-electron chi connectivity index (χ4n) is 6.15. The molecule has 3 aromatic rings. The summed E-state index contributed by atoms with van der Waals surface area (Å²) in [5, 5.41) is 16.5. The number of nitrogens with zero attached hydrogens (tertiary/aromatic N) is 3. The van der Waals surface area contributed by atoms with Crippen molar-refractivity contribution in [1.29, 1.82) is 0 Å². The monoisotopic (exact) mass is 448 g/mol. The molecule has 4 heterocycles. The highest BCUT2D eigenvalue weighted by molar-refractivity contribution is 7.17. The van der Waals surface area contributed by atoms with Crippen molar-refractivity contribution >= 4 is 27.2 Å². The third-order valence-corrected chi connectivity index (χ3v) is 8.73. The Balaban J connectivity index is 1.13. The quantitative estimate of drug-likeness (QED) is 0.580. The third-order valence-electron chi connectivity index (χ3n) is 7.81. The Morgan fingerprint density at radius 3 is 2.62 bits per heavy atom. The highest BCUT2D eigenvalue weighted by Crippen LogP contribution is 2.41. The van der Waals surface area contributed by atoms with E-state index in [0.717, 1.165) is 42.5 Å². The van der Waals surface area contributed by atoms with Gasteiger partial charge >= 0.3 is 0 Å². The number of fused-ring (bicyclic) bond motifs is 2. The first-order valence-electron chi connectivity index (χ1n) is 12.1. The van der Waals surface area contributed by atoms with E-state index in [2.05, 4.69) is 63.0 Å². The van der Waals surface area contributed by atoms with Gasteiger partial charge in [0.1, 0.15) is 5.69 Å². The molecule has 3 atom stereocenters. The summed E-state index contributed by atoms with van der Waals surface area (Å²) in [5.41, 5.74) is 3.43. The SMILES string of the molecule is Cc1ccccc1-c1nnc(NC2C[C@@H]3CN(CC4CCOCC4)C[C@@H]3C2)c2ccsc12. The Labute approximate surface area is 194 Å². The van der Waals surface area contributed by atoms with Gasteiger partial charge in [-0.25, -0.2) is 0 Å². The van der Waals surface area contributed by atoms with Gasteiger partial charge in [0.05, 0.1) is 4.70 Å². The molecule has 168 valence electrons. The molecule has 1 N–H and O–H groups in total. The van der Waals surface area contributed by atoms with E-state index in [1.807, 2.05) is 0 Å². The zero-order valence-electron chi connectivity index (χ0n) is 18.8. The number of likely N-dealkylation sites (tertiary alicyclic amines) is 1. The summed E-state index contributed by atoms with van der Waals surface area (Å²) in [6.45, 7) is 7.87. The van der Waals surface area contributed by atoms with Gasteiger partial charge in [0, 0.05) is 49.8 Å². The van der Waals surface area contributed by atoms with Crippen LogP contribution in [-0.2, 0) is 4.74 Å². The van der Waals surface area contributed by atoms with Crippen molar-refractivity contribution in [3.8, 4) is 11.3 Å². The number of aryl methyl sites for hydroxylation is 1. The van der Waals surface area contributed by atoms with Crippen LogP contribution in [0, 0.1) is 24.7 Å². The molecule has 2 aromatic heterocycles. The summed E-state index contributed by atoms with van der Waals surface area (Å²) in [5.74, 6) is 3.45. The first-order chi connectivity index (χ1) is 15.7. The third kappa shape index (κ3) is 3.93. The van der Waals surface area contributed by atoms with Gasteiger partial charge in [-0.1, -0.05) is 24.3 Å². The van der Waals surface area contributed by atoms with Gasteiger partial charge in [0.25, 0.3) is 0 Å². The van der Waals surface area contributed by atoms with E-state index in [9.17, 15) is 0 Å². The second-order valence-corrected chi connectivity index (χ2v) is 10.9. The highest BCUT2D eigenvalue weighted by atomic mass is 32.1. The lowest BCUT2D eigenvalue weighted by atomic mass is 10.00. The lowest BCUT2D eigenvalue weighted by molar-refractivity contribution is 0.0545. The van der Waals surface area contributed by atoms with E-state index in [0.29, 0.717) is 6.04 Å². The highest BCUT2D eigenvalue weighted by Gasteiger charge is 2.41. The Hall–Kier alpha value is -2.02. The van der Waals surface area contributed by atoms with Crippen LogP contribution < -0.4 is 5.32 Å². The van der Waals surface area contributed by atoms with E-state index in [-0.39, 0.29) is 0 Å². The fraction of sp³-hybridized carbons (Fsp3) is 0.538. The Morgan fingerprint density at radius 1 is 1.06 bits per heavy atom. The lowest BCUT2D eigenvalue weighted by Crippen LogP contribution is -2.32. The normalized spacial score (nSPS) is 26.6. The average molecular weight is 449 g/mol. The van der Waals surface area contributed by atoms with Gasteiger partial charge in [0.15, 0.2) is 5.82 Å². The van der Waals surface area contributed by atoms with Gasteiger partial charge in [-0.15, -0.1) is 21.5 Å². The van der Waals surface area contributed by atoms with Crippen molar-refractivity contribution in [3.05, 3.63) is 41.3 Å². The zero-order chi connectivity index (χ0) is 21.5. The van der Waals surface area contributed by atoms with Gasteiger partial charge in [-0.2, -0.15) is 0 Å². The standard InChI is InChI=1S/C26H32N4OS/c1-17-4-2-3-5-22(17)24-25-23(8-11-32-25)26(29-28-24)27-21-12-19-15-30(16-20(19)13-21)14-18-6-9-31-10-7-18/h2-5,8,11,18-21H,6-7,9-10,12-16H2,1H3,(H,27,29)/t19-,20+,21?. The molecule has 3 aliphatic rings. The van der Waals surface area contributed by atoms with Crippen LogP contribution in [0.25, 0.3) is 21.3 Å². The molecule has 2 saturated heterocycles. The predicted octanol–water partition coefficient (Wildman–Crippen LogP) is 5.22. The van der Waals surface area contributed by atoms with Gasteiger partial charge in [-0.3, -0.25) is 0 Å². The summed E-state index contributed by atoms with van der Waals surface area (Å²) < 4.78 is 6.77. The van der Waals surface area contributed by atoms with E-state index in [1.54, 1.807) is 11.3 Å². The maximum Gasteiger partial charge on any atom is 0.157 e. The number of nitrogens with one attached hydrogen (secondary N) is 1. The predicted molar refractivity (Wildman–Crippen MR) is 131 cm³/mol. The molecule has 6 rings (SSSR count). The average Bonchev–Trinajstić information content (AvgIpc) is 3.51. The Bertz CT molecular complexity index is 1080. The topological polar surface area (TPSA) is 50.3 Å². The smallest absolute Gasteiger partial charge is 0.157 e. The van der Waals surface area contributed by atoms with Crippen molar-refractivity contribution in [2.75, 3.05) is 38.2 Å². The number of rotatable bonds is 5. The van der Waals surface area contributed by atoms with E-state index in [1.165, 1.54) is 66.5 Å². The van der Waals surface area contributed by atoms with Crippen LogP contribution in [0.4, 0.5) is 5.82 Å². The first kappa shape index (κ1) is 20.6. The summed E-state index contributed by atoms with van der Waals surface area (Å²) in [6.07, 6.45) is 4.98. The van der Waals surface area contributed by atoms with Crippen molar-refractivity contribution in [3.63, 3.8) is 0 Å². The number of aromatic nitrogens is 2. The summed E-state index contributed by atoms with van der Waals surface area (Å²) in [7, 11) is 0. The maximum absolute atomic E-state index is 5.54. The largest absolute Gasteiger partial charge is 0.381 e. The summed E-state index contributed by atoms with van der Waals surface area (Å²) >= 11 is 1.76. The molecule has 1 aliphatic carbocycles. The molecule has 0 bridgehead atoms. The summed E-state index contributed by atoms with van der Waals surface area (Å²) in [4.78, 5) is 2.73. The molecule has 1 saturated carbocycles. The van der Waals surface area contributed by atoms with Crippen LogP contribution in [-0.4, -0.2) is 54.0 Å². The second kappa shape index (κ2) is 8.73. The van der Waals surface area contributed by atoms with Crippen LogP contribution in [0.3, 0.4) is 0 Å². The van der Waals surface area contributed by atoms with Crippen molar-refractivity contribution in [2.24, 2.45) is 17.8 Å². The zero-order valence-corrected chi connectivity index (χ0v) is 19.6. The maximum atomic E-state index is 5.54. The van der Waals surface area contributed by atoms with E-state index in [4.69, 9.17) is 4.74 Å². The first-order valence-corrected chi connectivity index (χ1v) is 13.0. The minimum Gasteiger partial charge on any atom is -0.381 e. The van der Waals surface area contributed by atoms with Crippen LogP contribution in [0.2, 0.25) is 0 Å². The van der Waals surface area contributed by atoms with Crippen molar-refractivity contribution < 1.29 is 4.74 Å². The van der Waals surface area contributed by atoms with Gasteiger partial charge in [0.2, 0.25) is 0 Å². The molecule has 1 unspecified atom stereocenters. The van der Waals surface area contributed by atoms with Crippen molar-refractivity contribution in [1.82, 2.24) is 15.1 Å². The number of benzene rings is 1. The number of hydrogen-bond acceptors (Lipinski definition) is 6.